The van der Waals surface area contributed by atoms with E-state index in [2.05, 4.69) is 15.5 Å². The highest BCUT2D eigenvalue weighted by atomic mass is 19.1. The molecule has 1 aromatic heterocycles. The molecule has 0 fully saturated rings. The number of carbonyl (C=O) groups is 1. The Morgan fingerprint density at radius 2 is 1.72 bits per heavy atom. The number of halogens is 1. The van der Waals surface area contributed by atoms with E-state index < -0.39 is 5.91 Å². The van der Waals surface area contributed by atoms with Crippen molar-refractivity contribution in [2.24, 2.45) is 0 Å². The molecule has 0 aliphatic carbocycles. The van der Waals surface area contributed by atoms with Gasteiger partial charge in [-0.3, -0.25) is 4.79 Å². The standard InChI is InChI=1S/C19H18FN3O2/c20-16-9-5-4-8-15(16)12-13-21-18(24)19-23-22-17(25-19)11-10-14-6-2-1-3-7-14/h1-9H,10-13H2,(H,21,24). The first-order valence-corrected chi connectivity index (χ1v) is 8.10. The zero-order valence-electron chi connectivity index (χ0n) is 13.6. The number of hydrogen-bond donors (Lipinski definition) is 1. The van der Waals surface area contributed by atoms with Crippen LogP contribution in [-0.4, -0.2) is 22.6 Å². The highest BCUT2D eigenvalue weighted by Crippen LogP contribution is 2.08. The molecule has 0 unspecified atom stereocenters. The minimum absolute atomic E-state index is 0.0726. The molecule has 2 aromatic carbocycles. The van der Waals surface area contributed by atoms with Crippen LogP contribution in [0.4, 0.5) is 4.39 Å². The Labute approximate surface area is 144 Å². The minimum Gasteiger partial charge on any atom is -0.417 e. The largest absolute Gasteiger partial charge is 0.417 e. The van der Waals surface area contributed by atoms with E-state index in [1.807, 2.05) is 30.3 Å². The van der Waals surface area contributed by atoms with Crippen molar-refractivity contribution in [3.63, 3.8) is 0 Å². The molecule has 0 spiro atoms. The zero-order chi connectivity index (χ0) is 17.5. The Balaban J connectivity index is 1.48. The molecule has 0 saturated heterocycles. The van der Waals surface area contributed by atoms with Crippen LogP contribution in [0.1, 0.15) is 27.7 Å². The van der Waals surface area contributed by atoms with Gasteiger partial charge in [-0.2, -0.15) is 0 Å². The molecule has 6 heteroatoms. The molecular weight excluding hydrogens is 321 g/mol. The van der Waals surface area contributed by atoms with E-state index in [1.165, 1.54) is 6.07 Å². The molecule has 1 amide bonds. The minimum atomic E-state index is -0.449. The summed E-state index contributed by atoms with van der Waals surface area (Å²) in [6.45, 7) is 0.293. The topological polar surface area (TPSA) is 68.0 Å². The fourth-order valence-corrected chi connectivity index (χ4v) is 2.43. The summed E-state index contributed by atoms with van der Waals surface area (Å²) in [5, 5.41) is 10.3. The average Bonchev–Trinajstić information content (AvgIpc) is 3.11. The molecule has 128 valence electrons. The predicted molar refractivity (Wildman–Crippen MR) is 90.6 cm³/mol. The van der Waals surface area contributed by atoms with Crippen LogP contribution in [0.15, 0.2) is 59.0 Å². The number of amides is 1. The maximum atomic E-state index is 13.5. The highest BCUT2D eigenvalue weighted by molar-refractivity contribution is 5.89. The molecule has 1 heterocycles. The maximum Gasteiger partial charge on any atom is 0.308 e. The molecule has 0 radical (unpaired) electrons. The third-order valence-electron chi connectivity index (χ3n) is 3.77. The van der Waals surface area contributed by atoms with E-state index in [1.54, 1.807) is 18.2 Å². The van der Waals surface area contributed by atoms with Crippen LogP contribution < -0.4 is 5.32 Å². The summed E-state index contributed by atoms with van der Waals surface area (Å²) >= 11 is 0. The van der Waals surface area contributed by atoms with Gasteiger partial charge in [0.1, 0.15) is 5.82 Å². The maximum absolute atomic E-state index is 13.5. The monoisotopic (exact) mass is 339 g/mol. The third-order valence-corrected chi connectivity index (χ3v) is 3.77. The summed E-state index contributed by atoms with van der Waals surface area (Å²) in [5.74, 6) is -0.382. The lowest BCUT2D eigenvalue weighted by atomic mass is 10.1. The van der Waals surface area contributed by atoms with Crippen LogP contribution in [0.2, 0.25) is 0 Å². The quantitative estimate of drug-likeness (QED) is 0.718. The SMILES string of the molecule is O=C(NCCc1ccccc1F)c1nnc(CCc2ccccc2)o1. The van der Waals surface area contributed by atoms with E-state index in [0.29, 0.717) is 30.8 Å². The van der Waals surface area contributed by atoms with Gasteiger partial charge < -0.3 is 9.73 Å². The average molecular weight is 339 g/mol. The van der Waals surface area contributed by atoms with Gasteiger partial charge in [0.05, 0.1) is 0 Å². The number of aromatic nitrogens is 2. The summed E-state index contributed by atoms with van der Waals surface area (Å²) < 4.78 is 18.9. The molecule has 25 heavy (non-hydrogen) atoms. The summed E-state index contributed by atoms with van der Waals surface area (Å²) in [6.07, 6.45) is 1.73. The molecule has 5 nitrogen and oxygen atoms in total. The summed E-state index contributed by atoms with van der Waals surface area (Å²) in [7, 11) is 0. The van der Waals surface area contributed by atoms with E-state index in [-0.39, 0.29) is 11.7 Å². The van der Waals surface area contributed by atoms with Crippen molar-refractivity contribution in [1.29, 1.82) is 0 Å². The summed E-state index contributed by atoms with van der Waals surface area (Å²) in [6, 6.07) is 16.4. The predicted octanol–water partition coefficient (Wildman–Crippen LogP) is 2.97. The van der Waals surface area contributed by atoms with Crippen molar-refractivity contribution in [2.45, 2.75) is 19.3 Å². The lowest BCUT2D eigenvalue weighted by molar-refractivity contribution is 0.0917. The van der Waals surface area contributed by atoms with Gasteiger partial charge in [-0.1, -0.05) is 48.5 Å². The molecule has 1 N–H and O–H groups in total. The van der Waals surface area contributed by atoms with Gasteiger partial charge in [0.15, 0.2) is 0 Å². The van der Waals surface area contributed by atoms with Gasteiger partial charge in [0, 0.05) is 13.0 Å². The highest BCUT2D eigenvalue weighted by Gasteiger charge is 2.14. The molecule has 0 saturated carbocycles. The lowest BCUT2D eigenvalue weighted by Crippen LogP contribution is -2.26. The smallest absolute Gasteiger partial charge is 0.308 e. The zero-order valence-corrected chi connectivity index (χ0v) is 13.6. The molecule has 0 aliphatic rings. The van der Waals surface area contributed by atoms with Gasteiger partial charge in [0.2, 0.25) is 5.89 Å². The Hall–Kier alpha value is -3.02. The van der Waals surface area contributed by atoms with Crippen molar-refractivity contribution in [1.82, 2.24) is 15.5 Å². The van der Waals surface area contributed by atoms with Crippen molar-refractivity contribution in [2.75, 3.05) is 6.54 Å². The number of benzene rings is 2. The Bertz CT molecular complexity index is 833. The number of hydrogen-bond acceptors (Lipinski definition) is 4. The number of nitrogens with zero attached hydrogens (tertiary/aromatic N) is 2. The molecule has 0 aliphatic heterocycles. The molecule has 3 aromatic rings. The van der Waals surface area contributed by atoms with Gasteiger partial charge in [-0.25, -0.2) is 4.39 Å². The summed E-state index contributed by atoms with van der Waals surface area (Å²) in [5.41, 5.74) is 1.72. The Kier molecular flexibility index (Phi) is 5.51. The number of rotatable bonds is 7. The van der Waals surface area contributed by atoms with Gasteiger partial charge >= 0.3 is 11.8 Å². The van der Waals surface area contributed by atoms with Crippen molar-refractivity contribution < 1.29 is 13.6 Å². The first-order valence-electron chi connectivity index (χ1n) is 8.10. The van der Waals surface area contributed by atoms with Crippen molar-refractivity contribution >= 4 is 5.91 Å². The van der Waals surface area contributed by atoms with Crippen LogP contribution >= 0.6 is 0 Å². The third kappa shape index (κ3) is 4.73. The second-order valence-corrected chi connectivity index (χ2v) is 5.58. The molecule has 3 rings (SSSR count). The van der Waals surface area contributed by atoms with E-state index in [4.69, 9.17) is 4.42 Å². The van der Waals surface area contributed by atoms with Crippen molar-refractivity contribution in [3.05, 3.63) is 83.3 Å². The second-order valence-electron chi connectivity index (χ2n) is 5.58. The fraction of sp³-hybridized carbons (Fsp3) is 0.211. The van der Waals surface area contributed by atoms with Crippen molar-refractivity contribution in [3.8, 4) is 0 Å². The van der Waals surface area contributed by atoms with Gasteiger partial charge in [-0.05, 0) is 30.0 Å². The first kappa shape index (κ1) is 16.8. The van der Waals surface area contributed by atoms with Gasteiger partial charge in [-0.15, -0.1) is 10.2 Å². The molecule has 0 atom stereocenters. The van der Waals surface area contributed by atoms with E-state index in [9.17, 15) is 9.18 Å². The van der Waals surface area contributed by atoms with Crippen LogP contribution in [-0.2, 0) is 19.3 Å². The van der Waals surface area contributed by atoms with E-state index in [0.717, 1.165) is 12.0 Å². The van der Waals surface area contributed by atoms with Crippen LogP contribution in [0.3, 0.4) is 0 Å². The Morgan fingerprint density at radius 1 is 0.960 bits per heavy atom. The van der Waals surface area contributed by atoms with Crippen LogP contribution in [0.25, 0.3) is 0 Å². The van der Waals surface area contributed by atoms with Crippen LogP contribution in [0, 0.1) is 5.82 Å². The Morgan fingerprint density at radius 3 is 2.52 bits per heavy atom. The van der Waals surface area contributed by atoms with Crippen LogP contribution in [0.5, 0.6) is 0 Å². The van der Waals surface area contributed by atoms with Gasteiger partial charge in [0.25, 0.3) is 0 Å². The summed E-state index contributed by atoms with van der Waals surface area (Å²) in [4.78, 5) is 12.0. The molecule has 0 bridgehead atoms. The normalized spacial score (nSPS) is 10.6. The number of nitrogens with one attached hydrogen (secondary N) is 1. The second kappa shape index (κ2) is 8.19. The first-order chi connectivity index (χ1) is 12.2. The number of aryl methyl sites for hydroxylation is 2. The number of carbonyl (C=O) groups excluding carboxylic acids is 1. The fourth-order valence-electron chi connectivity index (χ4n) is 2.43. The lowest BCUT2D eigenvalue weighted by Gasteiger charge is -2.03. The molecular formula is C19H18FN3O2. The van der Waals surface area contributed by atoms with E-state index >= 15 is 0 Å².